The molecule has 2 aromatic carbocycles. The summed E-state index contributed by atoms with van der Waals surface area (Å²) < 4.78 is 5.26. The molecule has 2 aromatic rings. The molecule has 1 aliphatic rings. The van der Waals surface area contributed by atoms with Crippen LogP contribution in [0.3, 0.4) is 0 Å². The van der Waals surface area contributed by atoms with Crippen molar-refractivity contribution in [3.8, 4) is 5.75 Å². The third-order valence-corrected chi connectivity index (χ3v) is 5.21. The van der Waals surface area contributed by atoms with Crippen molar-refractivity contribution < 1.29 is 14.3 Å². The minimum atomic E-state index is -0.486. The number of nitrogens with zero attached hydrogens (tertiary/aromatic N) is 1. The van der Waals surface area contributed by atoms with E-state index in [1.165, 1.54) is 0 Å². The van der Waals surface area contributed by atoms with Gasteiger partial charge in [0.15, 0.2) is 0 Å². The average molecular weight is 369 g/mol. The lowest BCUT2D eigenvalue weighted by molar-refractivity contribution is -0.139. The number of hydrogen-bond donors (Lipinski definition) is 2. The number of benzene rings is 2. The molecule has 0 bridgehead atoms. The Kier molecular flexibility index (Phi) is 5.65. The average Bonchev–Trinajstić information content (AvgIpc) is 3.08. The van der Waals surface area contributed by atoms with Gasteiger partial charge in [-0.05, 0) is 48.7 Å². The predicted molar refractivity (Wildman–Crippen MR) is 106 cm³/mol. The van der Waals surface area contributed by atoms with Crippen molar-refractivity contribution in [2.45, 2.75) is 38.3 Å². The maximum absolute atomic E-state index is 13.1. The number of likely N-dealkylation sites (N-methyl/N-ethyl adjacent to an activating group) is 1. The van der Waals surface area contributed by atoms with Crippen LogP contribution in [-0.2, 0) is 9.59 Å². The Balaban J connectivity index is 1.83. The van der Waals surface area contributed by atoms with E-state index in [1.807, 2.05) is 50.2 Å². The second kappa shape index (κ2) is 7.96. The minimum Gasteiger partial charge on any atom is -0.497 e. The largest absolute Gasteiger partial charge is 0.497 e. The number of rotatable bonds is 5. The fourth-order valence-electron chi connectivity index (χ4n) is 3.68. The third kappa shape index (κ3) is 3.90. The summed E-state index contributed by atoms with van der Waals surface area (Å²) in [5.41, 5.74) is 6.97. The Labute approximate surface area is 159 Å². The highest BCUT2D eigenvalue weighted by Gasteiger charge is 2.39. The molecule has 1 saturated heterocycles. The van der Waals surface area contributed by atoms with Crippen LogP contribution in [0.1, 0.15) is 31.7 Å². The van der Waals surface area contributed by atoms with E-state index < -0.39 is 6.04 Å². The Hall–Kier alpha value is -2.60. The first-order valence-electron chi connectivity index (χ1n) is 9.36. The molecule has 0 aromatic heterocycles. The number of nitrogens with one attached hydrogen (secondary N) is 1. The molecule has 3 atom stereocenters. The van der Waals surface area contributed by atoms with E-state index in [0.29, 0.717) is 19.5 Å². The fourth-order valence-corrected chi connectivity index (χ4v) is 3.68. The summed E-state index contributed by atoms with van der Waals surface area (Å²) in [4.78, 5) is 27.1. The van der Waals surface area contributed by atoms with E-state index in [4.69, 9.17) is 10.5 Å². The second-order valence-corrected chi connectivity index (χ2v) is 7.09. The van der Waals surface area contributed by atoms with Gasteiger partial charge in [0.1, 0.15) is 11.8 Å². The molecule has 6 nitrogen and oxygen atoms in total. The fraction of sp³-hybridized carbons (Fsp3) is 0.429. The number of fused-ring (bicyclic) bond motifs is 1. The molecular weight excluding hydrogens is 342 g/mol. The molecule has 3 N–H and O–H groups in total. The minimum absolute atomic E-state index is 0.0629. The zero-order valence-corrected chi connectivity index (χ0v) is 16.1. The van der Waals surface area contributed by atoms with Crippen molar-refractivity contribution in [3.05, 3.63) is 42.0 Å². The van der Waals surface area contributed by atoms with Crippen molar-refractivity contribution in [3.63, 3.8) is 0 Å². The van der Waals surface area contributed by atoms with Gasteiger partial charge in [-0.3, -0.25) is 9.59 Å². The van der Waals surface area contributed by atoms with Gasteiger partial charge >= 0.3 is 0 Å². The summed E-state index contributed by atoms with van der Waals surface area (Å²) in [6.07, 6.45) is 0.502. The van der Waals surface area contributed by atoms with Crippen molar-refractivity contribution >= 4 is 22.6 Å². The van der Waals surface area contributed by atoms with Crippen molar-refractivity contribution in [2.24, 2.45) is 5.73 Å². The van der Waals surface area contributed by atoms with E-state index in [-0.39, 0.29) is 23.8 Å². The highest BCUT2D eigenvalue weighted by Crippen LogP contribution is 2.28. The highest BCUT2D eigenvalue weighted by molar-refractivity contribution is 5.92. The van der Waals surface area contributed by atoms with Gasteiger partial charge in [-0.1, -0.05) is 24.3 Å². The highest BCUT2D eigenvalue weighted by atomic mass is 16.5. The maximum atomic E-state index is 13.1. The van der Waals surface area contributed by atoms with Crippen LogP contribution in [0, 0.1) is 0 Å². The number of methoxy groups -OCH3 is 1. The van der Waals surface area contributed by atoms with Crippen LogP contribution in [0.25, 0.3) is 10.8 Å². The second-order valence-electron chi connectivity index (χ2n) is 7.09. The lowest BCUT2D eigenvalue weighted by Gasteiger charge is -2.27. The molecule has 6 heteroatoms. The van der Waals surface area contributed by atoms with E-state index >= 15 is 0 Å². The summed E-state index contributed by atoms with van der Waals surface area (Å²) in [7, 11) is 1.64. The van der Waals surface area contributed by atoms with Crippen LogP contribution in [0.4, 0.5) is 0 Å². The van der Waals surface area contributed by atoms with E-state index in [9.17, 15) is 9.59 Å². The van der Waals surface area contributed by atoms with Crippen molar-refractivity contribution in [2.75, 3.05) is 20.2 Å². The number of carbonyl (C=O) groups is 2. The van der Waals surface area contributed by atoms with Gasteiger partial charge in [0.25, 0.3) is 0 Å². The van der Waals surface area contributed by atoms with Crippen LogP contribution in [-0.4, -0.2) is 49.0 Å². The molecule has 3 rings (SSSR count). The van der Waals surface area contributed by atoms with Gasteiger partial charge in [0.05, 0.1) is 13.0 Å². The van der Waals surface area contributed by atoms with Crippen LogP contribution < -0.4 is 15.8 Å². The number of hydrogen-bond acceptors (Lipinski definition) is 4. The van der Waals surface area contributed by atoms with Crippen molar-refractivity contribution in [1.29, 1.82) is 0 Å². The normalized spacial score (nSPS) is 20.5. The summed E-state index contributed by atoms with van der Waals surface area (Å²) >= 11 is 0. The number of carbonyl (C=O) groups excluding carboxylic acids is 2. The van der Waals surface area contributed by atoms with Gasteiger partial charge in [-0.2, -0.15) is 0 Å². The molecule has 1 heterocycles. The molecule has 0 aliphatic carbocycles. The van der Waals surface area contributed by atoms with E-state index in [0.717, 1.165) is 22.1 Å². The van der Waals surface area contributed by atoms with E-state index in [1.54, 1.807) is 12.0 Å². The Morgan fingerprint density at radius 1 is 1.26 bits per heavy atom. The third-order valence-electron chi connectivity index (χ3n) is 5.21. The molecule has 0 unspecified atom stereocenters. The monoisotopic (exact) mass is 369 g/mol. The van der Waals surface area contributed by atoms with E-state index in [2.05, 4.69) is 5.32 Å². The zero-order valence-electron chi connectivity index (χ0n) is 16.1. The van der Waals surface area contributed by atoms with Crippen molar-refractivity contribution in [1.82, 2.24) is 10.2 Å². The number of amides is 2. The summed E-state index contributed by atoms with van der Waals surface area (Å²) in [6, 6.07) is 11.2. The molecule has 0 saturated carbocycles. The maximum Gasteiger partial charge on any atom is 0.242 e. The lowest BCUT2D eigenvalue weighted by atomic mass is 9.96. The van der Waals surface area contributed by atoms with Gasteiger partial charge in [-0.15, -0.1) is 0 Å². The molecule has 144 valence electrons. The lowest BCUT2D eigenvalue weighted by Crippen LogP contribution is -2.47. The molecule has 0 spiro atoms. The van der Waals surface area contributed by atoms with Crippen LogP contribution >= 0.6 is 0 Å². The van der Waals surface area contributed by atoms with Crippen LogP contribution in [0.15, 0.2) is 36.4 Å². The summed E-state index contributed by atoms with van der Waals surface area (Å²) in [5.74, 6) is 0.262. The first-order valence-corrected chi connectivity index (χ1v) is 9.36. The number of nitrogens with two attached hydrogens (primary N) is 1. The molecule has 1 fully saturated rings. The summed E-state index contributed by atoms with van der Waals surface area (Å²) in [5, 5.41) is 4.91. The molecule has 2 amide bonds. The zero-order chi connectivity index (χ0) is 19.6. The molecule has 1 aliphatic heterocycles. The predicted octanol–water partition coefficient (Wildman–Crippen LogP) is 2.02. The SMILES string of the molecule is CCNC(=O)[C@@H]1C[C@H](N)CN1C(=O)[C@@H](C)c1ccc2cc(OC)ccc2c1. The first kappa shape index (κ1) is 19.2. The number of ether oxygens (including phenoxy) is 1. The van der Waals surface area contributed by atoms with Crippen LogP contribution in [0.2, 0.25) is 0 Å². The van der Waals surface area contributed by atoms with Gasteiger partial charge in [0, 0.05) is 19.1 Å². The standard InChI is InChI=1S/C21H27N3O3/c1-4-23-20(25)19-11-17(22)12-24(19)21(26)13(2)14-5-6-16-10-18(27-3)8-7-15(16)9-14/h5-10,13,17,19H,4,11-12,22H2,1-3H3,(H,23,25)/t13-,17-,19-/m0/s1. The molecule has 0 radical (unpaired) electrons. The Morgan fingerprint density at radius 2 is 1.96 bits per heavy atom. The molecular formula is C21H27N3O3. The van der Waals surface area contributed by atoms with Gasteiger partial charge in [0.2, 0.25) is 11.8 Å². The Bertz CT molecular complexity index is 852. The van der Waals surface area contributed by atoms with Gasteiger partial charge < -0.3 is 20.7 Å². The Morgan fingerprint density at radius 3 is 2.67 bits per heavy atom. The quantitative estimate of drug-likeness (QED) is 0.844. The topological polar surface area (TPSA) is 84.7 Å². The molecule has 27 heavy (non-hydrogen) atoms. The van der Waals surface area contributed by atoms with Gasteiger partial charge in [-0.25, -0.2) is 0 Å². The smallest absolute Gasteiger partial charge is 0.242 e. The number of likely N-dealkylation sites (tertiary alicyclic amines) is 1. The first-order chi connectivity index (χ1) is 12.9. The van der Waals surface area contributed by atoms with Crippen LogP contribution in [0.5, 0.6) is 5.75 Å². The summed E-state index contributed by atoms with van der Waals surface area (Å²) in [6.45, 7) is 4.70.